The molecule has 0 radical (unpaired) electrons. The summed E-state index contributed by atoms with van der Waals surface area (Å²) in [6.45, 7) is 0.161. The molecule has 15 heavy (non-hydrogen) atoms. The Balaban J connectivity index is 2.85. The minimum Gasteiger partial charge on any atom is -0.394 e. The summed E-state index contributed by atoms with van der Waals surface area (Å²) in [4.78, 5) is 20.4. The van der Waals surface area contributed by atoms with Crippen LogP contribution in [-0.2, 0) is 4.79 Å². The van der Waals surface area contributed by atoms with E-state index in [0.717, 1.165) is 0 Å². The average Bonchev–Trinajstić information content (AvgIpc) is 2.21. The minimum absolute atomic E-state index is 0.1000. The normalized spacial score (nSPS) is 9.80. The van der Waals surface area contributed by atoms with Crippen LogP contribution in [0.2, 0.25) is 5.28 Å². The number of carbonyl (C=O) groups is 1. The molecule has 0 aromatic carbocycles. The highest BCUT2D eigenvalue weighted by molar-refractivity contribution is 6.28. The van der Waals surface area contributed by atoms with Gasteiger partial charge in [0.25, 0.3) is 0 Å². The number of hydrogen-bond acceptors (Lipinski definition) is 5. The van der Waals surface area contributed by atoms with Gasteiger partial charge in [0, 0.05) is 14.1 Å². The van der Waals surface area contributed by atoms with Crippen LogP contribution in [0.4, 0.5) is 11.5 Å². The molecular weight excluding hydrogens is 218 g/mol. The van der Waals surface area contributed by atoms with Gasteiger partial charge in [0.05, 0.1) is 18.4 Å². The van der Waals surface area contributed by atoms with Gasteiger partial charge < -0.3 is 16.0 Å². The molecule has 1 amide bonds. The minimum atomic E-state index is -0.133. The topological polar surface area (TPSA) is 84.1 Å². The number of nitrogens with one attached hydrogen (secondary N) is 1. The SMILES string of the molecule is CNC(=O)CN(C)c1nc(Cl)ncc1N. The summed E-state index contributed by atoms with van der Waals surface area (Å²) in [5.74, 6) is 0.310. The molecule has 0 aliphatic carbocycles. The van der Waals surface area contributed by atoms with Crippen molar-refractivity contribution in [1.29, 1.82) is 0 Å². The van der Waals surface area contributed by atoms with Gasteiger partial charge in [0.1, 0.15) is 0 Å². The number of carbonyl (C=O) groups excluding carboxylic acids is 1. The second-order valence-electron chi connectivity index (χ2n) is 2.95. The van der Waals surface area contributed by atoms with Crippen molar-refractivity contribution in [2.24, 2.45) is 0 Å². The number of rotatable bonds is 3. The monoisotopic (exact) mass is 229 g/mol. The third-order valence-corrected chi connectivity index (χ3v) is 1.97. The van der Waals surface area contributed by atoms with Crippen LogP contribution in [0.15, 0.2) is 6.20 Å². The Morgan fingerprint density at radius 1 is 1.73 bits per heavy atom. The fraction of sp³-hybridized carbons (Fsp3) is 0.375. The summed E-state index contributed by atoms with van der Waals surface area (Å²) in [6, 6.07) is 0. The van der Waals surface area contributed by atoms with Gasteiger partial charge in [-0.05, 0) is 11.6 Å². The molecule has 7 heteroatoms. The van der Waals surface area contributed by atoms with E-state index >= 15 is 0 Å². The highest BCUT2D eigenvalue weighted by Crippen LogP contribution is 2.19. The fourth-order valence-electron chi connectivity index (χ4n) is 1.04. The van der Waals surface area contributed by atoms with Crippen molar-refractivity contribution in [2.75, 3.05) is 31.3 Å². The third kappa shape index (κ3) is 2.95. The maximum atomic E-state index is 11.1. The molecule has 0 saturated heterocycles. The van der Waals surface area contributed by atoms with Gasteiger partial charge in [-0.1, -0.05) is 0 Å². The number of halogens is 1. The van der Waals surface area contributed by atoms with Crippen LogP contribution in [-0.4, -0.2) is 36.5 Å². The van der Waals surface area contributed by atoms with Crippen LogP contribution in [0.3, 0.4) is 0 Å². The predicted molar refractivity (Wildman–Crippen MR) is 58.8 cm³/mol. The number of nitrogen functional groups attached to an aromatic ring is 1. The molecule has 0 bridgehead atoms. The lowest BCUT2D eigenvalue weighted by atomic mass is 10.4. The third-order valence-electron chi connectivity index (χ3n) is 1.79. The summed E-state index contributed by atoms with van der Waals surface area (Å²) in [6.07, 6.45) is 1.41. The highest BCUT2D eigenvalue weighted by Gasteiger charge is 2.11. The fourth-order valence-corrected chi connectivity index (χ4v) is 1.17. The van der Waals surface area contributed by atoms with Crippen LogP contribution in [0, 0.1) is 0 Å². The molecule has 3 N–H and O–H groups in total. The van der Waals surface area contributed by atoms with Gasteiger partial charge in [-0.25, -0.2) is 4.98 Å². The zero-order valence-electron chi connectivity index (χ0n) is 8.49. The van der Waals surface area contributed by atoms with E-state index in [4.69, 9.17) is 17.3 Å². The molecule has 0 saturated carbocycles. The molecule has 1 aromatic rings. The second kappa shape index (κ2) is 4.79. The van der Waals surface area contributed by atoms with E-state index < -0.39 is 0 Å². The lowest BCUT2D eigenvalue weighted by Crippen LogP contribution is -2.33. The van der Waals surface area contributed by atoms with Crippen molar-refractivity contribution in [3.05, 3.63) is 11.5 Å². The summed E-state index contributed by atoms with van der Waals surface area (Å²) >= 11 is 5.63. The van der Waals surface area contributed by atoms with Gasteiger partial charge in [0.15, 0.2) is 5.82 Å². The van der Waals surface area contributed by atoms with Crippen LogP contribution < -0.4 is 16.0 Å². The highest BCUT2D eigenvalue weighted by atomic mass is 35.5. The van der Waals surface area contributed by atoms with Gasteiger partial charge in [0.2, 0.25) is 11.2 Å². The molecular formula is C8H12ClN5O. The smallest absolute Gasteiger partial charge is 0.239 e. The Morgan fingerprint density at radius 3 is 3.00 bits per heavy atom. The zero-order valence-corrected chi connectivity index (χ0v) is 9.25. The van der Waals surface area contributed by atoms with E-state index in [1.165, 1.54) is 6.20 Å². The van der Waals surface area contributed by atoms with Crippen molar-refractivity contribution >= 4 is 29.0 Å². The van der Waals surface area contributed by atoms with Gasteiger partial charge in [-0.3, -0.25) is 4.79 Å². The Kier molecular flexibility index (Phi) is 3.68. The quantitative estimate of drug-likeness (QED) is 0.707. The van der Waals surface area contributed by atoms with E-state index in [1.807, 2.05) is 0 Å². The molecule has 0 spiro atoms. The Morgan fingerprint density at radius 2 is 2.40 bits per heavy atom. The molecule has 0 unspecified atom stereocenters. The van der Waals surface area contributed by atoms with Gasteiger partial charge >= 0.3 is 0 Å². The Hall–Kier alpha value is -1.56. The van der Waals surface area contributed by atoms with Crippen molar-refractivity contribution in [3.8, 4) is 0 Å². The van der Waals surface area contributed by atoms with E-state index in [2.05, 4.69) is 15.3 Å². The van der Waals surface area contributed by atoms with E-state index in [-0.39, 0.29) is 17.7 Å². The zero-order chi connectivity index (χ0) is 11.4. The first kappa shape index (κ1) is 11.5. The summed E-state index contributed by atoms with van der Waals surface area (Å²) < 4.78 is 0. The lowest BCUT2D eigenvalue weighted by Gasteiger charge is -2.18. The summed E-state index contributed by atoms with van der Waals surface area (Å²) in [5.41, 5.74) is 6.03. The van der Waals surface area contributed by atoms with Crippen molar-refractivity contribution in [1.82, 2.24) is 15.3 Å². The molecule has 1 heterocycles. The Bertz CT molecular complexity index is 370. The van der Waals surface area contributed by atoms with Gasteiger partial charge in [-0.2, -0.15) is 4.98 Å². The average molecular weight is 230 g/mol. The first-order chi connectivity index (χ1) is 7.04. The van der Waals surface area contributed by atoms with E-state index in [9.17, 15) is 4.79 Å². The first-order valence-corrected chi connectivity index (χ1v) is 4.62. The number of likely N-dealkylation sites (N-methyl/N-ethyl adjacent to an activating group) is 2. The second-order valence-corrected chi connectivity index (χ2v) is 3.29. The standard InChI is InChI=1S/C8H12ClN5O/c1-11-6(15)4-14(2)7-5(10)3-12-8(9)13-7/h3H,4,10H2,1-2H3,(H,11,15). The summed E-state index contributed by atoms with van der Waals surface area (Å²) in [5, 5.41) is 2.60. The van der Waals surface area contributed by atoms with Crippen molar-refractivity contribution in [2.45, 2.75) is 0 Å². The molecule has 0 atom stereocenters. The van der Waals surface area contributed by atoms with Crippen molar-refractivity contribution in [3.63, 3.8) is 0 Å². The predicted octanol–water partition coefficient (Wildman–Crippen LogP) is -0.106. The number of nitrogens with two attached hydrogens (primary N) is 1. The molecule has 6 nitrogen and oxygen atoms in total. The number of nitrogens with zero attached hydrogens (tertiary/aromatic N) is 3. The molecule has 0 fully saturated rings. The maximum Gasteiger partial charge on any atom is 0.239 e. The number of aromatic nitrogens is 2. The molecule has 0 aliphatic heterocycles. The van der Waals surface area contributed by atoms with Crippen LogP contribution >= 0.6 is 11.6 Å². The molecule has 0 aliphatic rings. The van der Waals surface area contributed by atoms with Crippen molar-refractivity contribution < 1.29 is 4.79 Å². The molecule has 82 valence electrons. The largest absolute Gasteiger partial charge is 0.394 e. The summed E-state index contributed by atoms with van der Waals surface area (Å²) in [7, 11) is 3.26. The molecule has 1 aromatic heterocycles. The maximum absolute atomic E-state index is 11.1. The lowest BCUT2D eigenvalue weighted by molar-refractivity contribution is -0.119. The number of hydrogen-bond donors (Lipinski definition) is 2. The number of anilines is 2. The molecule has 1 rings (SSSR count). The van der Waals surface area contributed by atoms with Crippen LogP contribution in [0.25, 0.3) is 0 Å². The van der Waals surface area contributed by atoms with Gasteiger partial charge in [-0.15, -0.1) is 0 Å². The van der Waals surface area contributed by atoms with E-state index in [0.29, 0.717) is 11.5 Å². The Labute approximate surface area is 92.4 Å². The van der Waals surface area contributed by atoms with Crippen LogP contribution in [0.1, 0.15) is 0 Å². The van der Waals surface area contributed by atoms with E-state index in [1.54, 1.807) is 19.0 Å². The van der Waals surface area contributed by atoms with Crippen LogP contribution in [0.5, 0.6) is 0 Å². The first-order valence-electron chi connectivity index (χ1n) is 4.24. The number of amides is 1.